The smallest absolute Gasteiger partial charge is 0.206 e. The van der Waals surface area contributed by atoms with Gasteiger partial charge in [-0.25, -0.2) is 12.8 Å². The molecule has 0 heterocycles. The number of aliphatic hydroxyl groups excluding tert-OH is 1. The molecule has 1 atom stereocenters. The summed E-state index contributed by atoms with van der Waals surface area (Å²) >= 11 is 6.04. The monoisotopic (exact) mass is 525 g/mol. The first-order valence-electron chi connectivity index (χ1n) is 11.3. The fourth-order valence-corrected chi connectivity index (χ4v) is 5.21. The molecule has 0 bridgehead atoms. The minimum atomic E-state index is -3.76. The van der Waals surface area contributed by atoms with E-state index in [0.29, 0.717) is 29.5 Å². The summed E-state index contributed by atoms with van der Waals surface area (Å²) < 4.78 is 45.1. The van der Waals surface area contributed by atoms with Crippen molar-refractivity contribution in [2.45, 2.75) is 22.3 Å². The molecule has 0 aliphatic carbocycles. The van der Waals surface area contributed by atoms with Gasteiger partial charge in [-0.3, -0.25) is 0 Å². The maximum Gasteiger partial charge on any atom is 0.206 e. The Morgan fingerprint density at radius 3 is 2.28 bits per heavy atom. The van der Waals surface area contributed by atoms with Gasteiger partial charge < -0.3 is 15.2 Å². The van der Waals surface area contributed by atoms with Crippen molar-refractivity contribution in [1.82, 2.24) is 5.32 Å². The second-order valence-corrected chi connectivity index (χ2v) is 10.6. The van der Waals surface area contributed by atoms with Gasteiger partial charge in [-0.2, -0.15) is 0 Å². The molecular weight excluding hydrogens is 501 g/mol. The Kier molecular flexibility index (Phi) is 8.38. The fraction of sp³-hybridized carbons (Fsp3) is 0.143. The predicted molar refractivity (Wildman–Crippen MR) is 138 cm³/mol. The van der Waals surface area contributed by atoms with Gasteiger partial charge in [-0.1, -0.05) is 41.9 Å². The topological polar surface area (TPSA) is 75.6 Å². The molecule has 5 nitrogen and oxygen atoms in total. The number of ether oxygens (including phenoxy) is 1. The van der Waals surface area contributed by atoms with Crippen molar-refractivity contribution in [2.75, 3.05) is 13.2 Å². The summed E-state index contributed by atoms with van der Waals surface area (Å²) in [6.45, 7) is 0.522. The third-order valence-corrected chi connectivity index (χ3v) is 7.64. The normalized spacial score (nSPS) is 12.3. The van der Waals surface area contributed by atoms with Crippen LogP contribution in [0.5, 0.6) is 11.5 Å². The molecule has 36 heavy (non-hydrogen) atoms. The lowest BCUT2D eigenvalue weighted by atomic mass is 10.1. The van der Waals surface area contributed by atoms with Crippen LogP contribution in [0.4, 0.5) is 4.39 Å². The van der Waals surface area contributed by atoms with Crippen LogP contribution in [0.1, 0.15) is 17.2 Å². The van der Waals surface area contributed by atoms with Crippen LogP contribution in [0, 0.1) is 5.82 Å². The van der Waals surface area contributed by atoms with Crippen molar-refractivity contribution < 1.29 is 22.7 Å². The van der Waals surface area contributed by atoms with Crippen LogP contribution in [0.3, 0.4) is 0 Å². The van der Waals surface area contributed by atoms with Gasteiger partial charge >= 0.3 is 0 Å². The van der Waals surface area contributed by atoms with E-state index < -0.39 is 9.84 Å². The van der Waals surface area contributed by atoms with Crippen LogP contribution in [0.25, 0.3) is 0 Å². The Balaban J connectivity index is 1.40. The van der Waals surface area contributed by atoms with Crippen molar-refractivity contribution >= 4 is 21.4 Å². The number of sulfone groups is 1. The fourth-order valence-electron chi connectivity index (χ4n) is 3.72. The molecule has 0 amide bonds. The van der Waals surface area contributed by atoms with E-state index in [9.17, 15) is 17.9 Å². The van der Waals surface area contributed by atoms with Crippen LogP contribution >= 0.6 is 11.6 Å². The highest BCUT2D eigenvalue weighted by atomic mass is 35.5. The van der Waals surface area contributed by atoms with Gasteiger partial charge in [-0.15, -0.1) is 0 Å². The minimum absolute atomic E-state index is 0.0680. The van der Waals surface area contributed by atoms with E-state index in [2.05, 4.69) is 5.32 Å². The quantitative estimate of drug-likeness (QED) is 0.267. The lowest BCUT2D eigenvalue weighted by Gasteiger charge is -2.17. The summed E-state index contributed by atoms with van der Waals surface area (Å²) in [5.41, 5.74) is 1.86. The largest absolute Gasteiger partial charge is 0.457 e. The van der Waals surface area contributed by atoms with Crippen molar-refractivity contribution in [3.8, 4) is 11.5 Å². The molecule has 8 heteroatoms. The molecule has 0 saturated heterocycles. The zero-order valence-corrected chi connectivity index (χ0v) is 20.8. The second kappa shape index (κ2) is 11.7. The zero-order valence-electron chi connectivity index (χ0n) is 19.3. The molecule has 1 unspecified atom stereocenters. The predicted octanol–water partition coefficient (Wildman–Crippen LogP) is 5.97. The third-order valence-electron chi connectivity index (χ3n) is 5.64. The average molecular weight is 526 g/mol. The highest BCUT2D eigenvalue weighted by Gasteiger charge is 2.18. The first-order valence-corrected chi connectivity index (χ1v) is 13.2. The highest BCUT2D eigenvalue weighted by molar-refractivity contribution is 7.91. The maximum absolute atomic E-state index is 13.2. The molecule has 186 valence electrons. The Hall–Kier alpha value is -3.23. The summed E-state index contributed by atoms with van der Waals surface area (Å²) in [6.07, 6.45) is 0.651. The summed E-state index contributed by atoms with van der Waals surface area (Å²) in [5, 5.41) is 13.6. The first kappa shape index (κ1) is 25.9. The van der Waals surface area contributed by atoms with Gasteiger partial charge in [0.15, 0.2) is 0 Å². The summed E-state index contributed by atoms with van der Waals surface area (Å²) in [6, 6.07) is 25.5. The second-order valence-electron chi connectivity index (χ2n) is 8.17. The molecule has 0 saturated carbocycles. The number of nitrogens with one attached hydrogen (secondary N) is 1. The molecular formula is C28H25ClFNO4S. The van der Waals surface area contributed by atoms with E-state index in [4.69, 9.17) is 16.3 Å². The zero-order chi connectivity index (χ0) is 25.5. The number of halogens is 2. The van der Waals surface area contributed by atoms with Gasteiger partial charge in [0.25, 0.3) is 0 Å². The lowest BCUT2D eigenvalue weighted by molar-refractivity contribution is 0.245. The van der Waals surface area contributed by atoms with E-state index in [1.807, 2.05) is 18.2 Å². The molecule has 0 aliphatic heterocycles. The molecule has 0 aliphatic rings. The standard InChI is InChI=1S/C28H25ClFNO4S/c29-22-4-1-3-21(17-22)28(19-32)31-16-15-20-7-13-26(14-8-20)36(33,34)27-6-2-5-25(18-27)35-24-11-9-23(30)10-12-24/h1-14,17-18,28,31-32H,15-16,19H2. The molecule has 0 aromatic heterocycles. The SMILES string of the molecule is O=S(=O)(c1ccc(CCNC(CO)c2cccc(Cl)c2)cc1)c1cccc(Oc2ccc(F)cc2)c1. The van der Waals surface area contributed by atoms with Crippen LogP contribution in [0.15, 0.2) is 107 Å². The maximum atomic E-state index is 13.2. The van der Waals surface area contributed by atoms with E-state index in [-0.39, 0.29) is 28.3 Å². The lowest BCUT2D eigenvalue weighted by Crippen LogP contribution is -2.26. The van der Waals surface area contributed by atoms with Crippen molar-refractivity contribution in [2.24, 2.45) is 0 Å². The molecule has 0 spiro atoms. The summed E-state index contributed by atoms with van der Waals surface area (Å²) in [4.78, 5) is 0.272. The van der Waals surface area contributed by atoms with Crippen molar-refractivity contribution in [1.29, 1.82) is 0 Å². The molecule has 4 aromatic carbocycles. The molecule has 4 rings (SSSR count). The van der Waals surface area contributed by atoms with Crippen molar-refractivity contribution in [3.05, 3.63) is 119 Å². The number of benzene rings is 4. The van der Waals surface area contributed by atoms with Crippen LogP contribution in [0.2, 0.25) is 5.02 Å². The van der Waals surface area contributed by atoms with Crippen LogP contribution in [-0.2, 0) is 16.3 Å². The van der Waals surface area contributed by atoms with E-state index in [1.54, 1.807) is 42.5 Å². The van der Waals surface area contributed by atoms with Gasteiger partial charge in [-0.05, 0) is 90.8 Å². The Morgan fingerprint density at radius 2 is 1.58 bits per heavy atom. The molecule has 2 N–H and O–H groups in total. The minimum Gasteiger partial charge on any atom is -0.457 e. The van der Waals surface area contributed by atoms with E-state index in [0.717, 1.165) is 11.1 Å². The third kappa shape index (κ3) is 6.50. The number of hydrogen-bond donors (Lipinski definition) is 2. The van der Waals surface area contributed by atoms with Crippen LogP contribution in [-0.4, -0.2) is 26.7 Å². The van der Waals surface area contributed by atoms with E-state index in [1.165, 1.54) is 36.4 Å². The first-order chi connectivity index (χ1) is 17.3. The van der Waals surface area contributed by atoms with E-state index >= 15 is 0 Å². The van der Waals surface area contributed by atoms with Crippen molar-refractivity contribution in [3.63, 3.8) is 0 Å². The molecule has 4 aromatic rings. The summed E-state index contributed by atoms with van der Waals surface area (Å²) in [7, 11) is -3.76. The number of hydrogen-bond acceptors (Lipinski definition) is 5. The van der Waals surface area contributed by atoms with Gasteiger partial charge in [0, 0.05) is 5.02 Å². The molecule has 0 radical (unpaired) electrons. The Bertz CT molecular complexity index is 1410. The number of rotatable bonds is 10. The average Bonchev–Trinajstić information content (AvgIpc) is 2.88. The van der Waals surface area contributed by atoms with Gasteiger partial charge in [0.1, 0.15) is 17.3 Å². The summed E-state index contributed by atoms with van der Waals surface area (Å²) in [5.74, 6) is 0.360. The molecule has 0 fully saturated rings. The number of aliphatic hydroxyl groups is 1. The van der Waals surface area contributed by atoms with Crippen LogP contribution < -0.4 is 10.1 Å². The highest BCUT2D eigenvalue weighted by Crippen LogP contribution is 2.28. The van der Waals surface area contributed by atoms with Gasteiger partial charge in [0.2, 0.25) is 9.84 Å². The van der Waals surface area contributed by atoms with Gasteiger partial charge in [0.05, 0.1) is 22.4 Å². The Morgan fingerprint density at radius 1 is 0.861 bits per heavy atom. The Labute approximate surface area is 215 Å².